The van der Waals surface area contributed by atoms with Crippen LogP contribution >= 0.6 is 24.8 Å². The van der Waals surface area contributed by atoms with E-state index >= 15 is 8.78 Å². The van der Waals surface area contributed by atoms with Crippen molar-refractivity contribution in [2.24, 2.45) is 11.8 Å². The van der Waals surface area contributed by atoms with Gasteiger partial charge >= 0.3 is 12.2 Å². The number of fused-ring (bicyclic) bond motifs is 4. The highest BCUT2D eigenvalue weighted by Crippen LogP contribution is 2.42. The second-order valence-electron chi connectivity index (χ2n) is 16.7. The van der Waals surface area contributed by atoms with E-state index in [1.165, 1.54) is 24.8 Å². The quantitative estimate of drug-likeness (QED) is 0.0892. The summed E-state index contributed by atoms with van der Waals surface area (Å²) in [6, 6.07) is 6.34. The fourth-order valence-electron chi connectivity index (χ4n) is 8.09. The van der Waals surface area contributed by atoms with Crippen LogP contribution in [0.3, 0.4) is 0 Å². The number of halogens is 4. The Kier molecular flexibility index (Phi) is 14.9. The highest BCUT2D eigenvalue weighted by molar-refractivity contribution is 6.03. The molecule has 0 spiro atoms. The van der Waals surface area contributed by atoms with Crippen LogP contribution in [0.1, 0.15) is 25.0 Å². The van der Waals surface area contributed by atoms with E-state index in [1.807, 2.05) is 13.8 Å². The molecule has 2 fully saturated rings. The number of carbonyl (C=O) groups is 4. The molecule has 4 atom stereocenters. The fraction of sp³-hybridized carbons (Fsp3) is 0.304. The summed E-state index contributed by atoms with van der Waals surface area (Å²) in [6.07, 6.45) is 3.74. The van der Waals surface area contributed by atoms with E-state index in [1.54, 1.807) is 38.1 Å². The van der Waals surface area contributed by atoms with Crippen LogP contribution in [0.5, 0.6) is 11.8 Å². The van der Waals surface area contributed by atoms with E-state index in [0.717, 1.165) is 0 Å². The number of amides is 4. The van der Waals surface area contributed by atoms with Crippen LogP contribution in [0.15, 0.2) is 49.1 Å². The Labute approximate surface area is 409 Å². The smallest absolute Gasteiger partial charge is 0.413 e. The van der Waals surface area contributed by atoms with Gasteiger partial charge in [-0.1, -0.05) is 13.8 Å². The van der Waals surface area contributed by atoms with Crippen molar-refractivity contribution in [3.63, 3.8) is 0 Å². The molecule has 70 heavy (non-hydrogen) atoms. The Morgan fingerprint density at radius 1 is 0.629 bits per heavy atom. The molecule has 6 aromatic rings. The molecule has 8 heterocycles. The number of nitrogens with two attached hydrogens (primary N) is 2. The normalized spacial score (nSPS) is 18.8. The van der Waals surface area contributed by atoms with Gasteiger partial charge in [0.1, 0.15) is 35.2 Å². The van der Waals surface area contributed by atoms with Crippen molar-refractivity contribution in [2.45, 2.75) is 39.9 Å². The molecular weight excluding hydrogens is 961 g/mol. The maximum Gasteiger partial charge on any atom is 0.413 e. The number of rotatable bonds is 6. The van der Waals surface area contributed by atoms with Crippen molar-refractivity contribution in [3.8, 4) is 34.0 Å². The van der Waals surface area contributed by atoms with E-state index in [4.69, 9.17) is 39.9 Å². The van der Waals surface area contributed by atoms with Crippen molar-refractivity contribution >= 4 is 105 Å². The van der Waals surface area contributed by atoms with Gasteiger partial charge in [-0.15, -0.1) is 24.8 Å². The Bertz CT molecular complexity index is 2880. The predicted molar refractivity (Wildman–Crippen MR) is 259 cm³/mol. The van der Waals surface area contributed by atoms with Gasteiger partial charge in [0.25, 0.3) is 11.8 Å². The molecule has 0 aliphatic carbocycles. The lowest BCUT2D eigenvalue weighted by atomic mass is 9.97. The zero-order chi connectivity index (χ0) is 48.0. The molecule has 4 amide bonds. The third-order valence-corrected chi connectivity index (χ3v) is 12.0. The molecule has 24 heteroatoms. The summed E-state index contributed by atoms with van der Waals surface area (Å²) in [5, 5.41) is 12.5. The van der Waals surface area contributed by atoms with E-state index in [-0.39, 0.29) is 120 Å². The molecule has 0 bridgehead atoms. The summed E-state index contributed by atoms with van der Waals surface area (Å²) in [7, 11) is 0. The van der Waals surface area contributed by atoms with Gasteiger partial charge < -0.3 is 50.5 Å². The number of nitrogen functional groups attached to an aromatic ring is 2. The van der Waals surface area contributed by atoms with Crippen LogP contribution in [0.4, 0.5) is 52.8 Å². The molecule has 2 saturated heterocycles. The molecule has 0 radical (unpaired) electrons. The average molecular weight is 1010 g/mol. The molecular formula is C46H46Cl2F2N10O10. The minimum Gasteiger partial charge on any atom is -0.466 e. The molecule has 4 aliphatic heterocycles. The molecule has 8 N–H and O–H groups in total. The zero-order valence-electron chi connectivity index (χ0n) is 37.8. The largest absolute Gasteiger partial charge is 0.466 e. The summed E-state index contributed by atoms with van der Waals surface area (Å²) in [5.74, 6) is -0.731. The van der Waals surface area contributed by atoms with Crippen molar-refractivity contribution < 1.29 is 56.4 Å². The predicted octanol–water partition coefficient (Wildman–Crippen LogP) is 7.33. The number of aromatic nitrogens is 4. The van der Waals surface area contributed by atoms with E-state index in [2.05, 4.69) is 41.2 Å². The molecule has 4 aromatic heterocycles. The van der Waals surface area contributed by atoms with Gasteiger partial charge in [0.15, 0.2) is 24.8 Å². The molecule has 4 aliphatic rings. The number of anilines is 6. The summed E-state index contributed by atoms with van der Waals surface area (Å²) in [4.78, 5) is 64.9. The zero-order valence-corrected chi connectivity index (χ0v) is 39.4. The van der Waals surface area contributed by atoms with Crippen LogP contribution in [-0.4, -0.2) is 95.8 Å². The lowest BCUT2D eigenvalue weighted by Gasteiger charge is -2.21. The van der Waals surface area contributed by atoms with Crippen LogP contribution in [0, 0.1) is 37.3 Å². The number of nitrogens with one attached hydrogen (secondary N) is 4. The second-order valence-corrected chi connectivity index (χ2v) is 16.7. The number of hydrogen-bond donors (Lipinski definition) is 6. The molecule has 20 nitrogen and oxygen atoms in total. The van der Waals surface area contributed by atoms with Gasteiger partial charge in [0, 0.05) is 69.6 Å². The van der Waals surface area contributed by atoms with Crippen LogP contribution < -0.4 is 42.2 Å². The van der Waals surface area contributed by atoms with Gasteiger partial charge in [-0.3, -0.25) is 20.2 Å². The molecule has 368 valence electrons. The number of pyridine rings is 4. The van der Waals surface area contributed by atoms with Crippen molar-refractivity contribution in [3.05, 3.63) is 71.8 Å². The fourth-order valence-corrected chi connectivity index (χ4v) is 8.09. The number of benzene rings is 2. The molecule has 10 rings (SSSR count). The highest BCUT2D eigenvalue weighted by Gasteiger charge is 2.30. The minimum atomic E-state index is -0.657. The first-order valence-electron chi connectivity index (χ1n) is 21.3. The third-order valence-electron chi connectivity index (χ3n) is 12.0. The first kappa shape index (κ1) is 50.5. The van der Waals surface area contributed by atoms with E-state index in [9.17, 15) is 19.2 Å². The molecule has 2 aromatic carbocycles. The van der Waals surface area contributed by atoms with Gasteiger partial charge in [-0.25, -0.2) is 38.3 Å². The first-order chi connectivity index (χ1) is 32.6. The highest BCUT2D eigenvalue weighted by atomic mass is 35.5. The van der Waals surface area contributed by atoms with E-state index < -0.39 is 23.8 Å². The lowest BCUT2D eigenvalue weighted by Crippen LogP contribution is -2.27. The first-order valence-corrected chi connectivity index (χ1v) is 21.3. The standard InChI is InChI=1S/2C23H22FN5O5.2ClH/c2*1-10-7-32-8-16(10)34-23(31)28-17-4-12-3-13(19(24)20(25)15(12)6-26-17)14-5-27-22-21(11(14)2)29-18(30)9-33-22;;/h2*3-6,10,16H,7-9,25H2,1-2H3,(H,29,30)(H,26,28,31);2*1H/t2*10-,16-;;/m10../s1. The topological polar surface area (TPSA) is 275 Å². The van der Waals surface area contributed by atoms with Crippen molar-refractivity contribution in [1.82, 2.24) is 19.9 Å². The number of carbonyl (C=O) groups excluding carboxylic acids is 4. The molecule has 0 unspecified atom stereocenters. The number of hydrogen-bond acceptors (Lipinski definition) is 16. The Balaban J connectivity index is 0.000000201. The minimum absolute atomic E-state index is 0. The van der Waals surface area contributed by atoms with Gasteiger partial charge in [-0.2, -0.15) is 0 Å². The maximum atomic E-state index is 15.3. The summed E-state index contributed by atoms with van der Waals surface area (Å²) in [6.45, 7) is 8.83. The van der Waals surface area contributed by atoms with E-state index in [0.29, 0.717) is 81.6 Å². The van der Waals surface area contributed by atoms with Gasteiger partial charge in [0.05, 0.1) is 37.8 Å². The Hall–Kier alpha value is -7.40. The third kappa shape index (κ3) is 10.0. The van der Waals surface area contributed by atoms with Crippen LogP contribution in [0.25, 0.3) is 43.8 Å². The van der Waals surface area contributed by atoms with Gasteiger partial charge in [-0.05, 0) is 60.0 Å². The Morgan fingerprint density at radius 2 is 1.03 bits per heavy atom. The van der Waals surface area contributed by atoms with Crippen molar-refractivity contribution in [2.75, 3.05) is 72.4 Å². The summed E-state index contributed by atoms with van der Waals surface area (Å²) in [5.41, 5.74) is 15.2. The van der Waals surface area contributed by atoms with Crippen LogP contribution in [0.2, 0.25) is 0 Å². The van der Waals surface area contributed by atoms with Crippen molar-refractivity contribution in [1.29, 1.82) is 0 Å². The summed E-state index contributed by atoms with van der Waals surface area (Å²) >= 11 is 0. The van der Waals surface area contributed by atoms with Gasteiger partial charge in [0.2, 0.25) is 11.8 Å². The average Bonchev–Trinajstić information content (AvgIpc) is 3.92. The number of nitrogens with zero attached hydrogens (tertiary/aromatic N) is 4. The number of ether oxygens (including phenoxy) is 6. The Morgan fingerprint density at radius 3 is 1.40 bits per heavy atom. The monoisotopic (exact) mass is 1010 g/mol. The lowest BCUT2D eigenvalue weighted by molar-refractivity contribution is -0.119. The molecule has 0 saturated carbocycles. The summed E-state index contributed by atoms with van der Waals surface area (Å²) < 4.78 is 62.6. The maximum absolute atomic E-state index is 15.3. The second kappa shape index (κ2) is 20.7. The van der Waals surface area contributed by atoms with Crippen LogP contribution in [-0.2, 0) is 28.5 Å². The SMILES string of the molecule is Cc1c(-c2cc3cc(NC(=O)O[C@@H]4COC[C@H]4C)ncc3c(N)c2F)cnc2c1NC(=O)CO2.Cc1c(-c2cc3cc(NC(=O)O[C@H]4COC[C@@H]4C)ncc3c(N)c2F)cnc2c1NC(=O)CO2.Cl.Cl.